The van der Waals surface area contributed by atoms with Gasteiger partial charge in [-0.3, -0.25) is 14.6 Å². The third-order valence-electron chi connectivity index (χ3n) is 4.70. The van der Waals surface area contributed by atoms with Crippen molar-refractivity contribution < 1.29 is 9.59 Å². The zero-order valence-electron chi connectivity index (χ0n) is 14.6. The molecule has 2 aromatic rings. The molecule has 2 atom stereocenters. The van der Waals surface area contributed by atoms with E-state index in [1.807, 2.05) is 24.3 Å². The van der Waals surface area contributed by atoms with E-state index in [1.54, 1.807) is 24.3 Å². The summed E-state index contributed by atoms with van der Waals surface area (Å²) in [6, 6.07) is 11.9. The van der Waals surface area contributed by atoms with Gasteiger partial charge in [-0.2, -0.15) is 0 Å². The number of likely N-dealkylation sites (N-methyl/N-ethyl adjacent to an activating group) is 1. The first-order valence-electron chi connectivity index (χ1n) is 8.52. The van der Waals surface area contributed by atoms with E-state index < -0.39 is 0 Å². The van der Waals surface area contributed by atoms with Crippen LogP contribution >= 0.6 is 0 Å². The first-order chi connectivity index (χ1) is 12.1. The van der Waals surface area contributed by atoms with Gasteiger partial charge in [-0.05, 0) is 42.0 Å². The van der Waals surface area contributed by atoms with Crippen molar-refractivity contribution in [1.29, 1.82) is 0 Å². The molecule has 0 aliphatic heterocycles. The van der Waals surface area contributed by atoms with E-state index >= 15 is 0 Å². The van der Waals surface area contributed by atoms with Gasteiger partial charge in [0, 0.05) is 31.9 Å². The van der Waals surface area contributed by atoms with Crippen LogP contribution in [0.5, 0.6) is 0 Å². The fourth-order valence-electron chi connectivity index (χ4n) is 3.11. The van der Waals surface area contributed by atoms with Gasteiger partial charge in [0.2, 0.25) is 11.8 Å². The van der Waals surface area contributed by atoms with Crippen LogP contribution < -0.4 is 5.32 Å². The quantitative estimate of drug-likeness (QED) is 0.879. The molecular weight excluding hydrogens is 314 g/mol. The van der Waals surface area contributed by atoms with E-state index in [1.165, 1.54) is 11.1 Å². The normalized spacial score (nSPS) is 18.5. The van der Waals surface area contributed by atoms with Gasteiger partial charge in [-0.25, -0.2) is 0 Å². The van der Waals surface area contributed by atoms with Crippen molar-refractivity contribution in [1.82, 2.24) is 15.2 Å². The third-order valence-corrected chi connectivity index (χ3v) is 4.70. The van der Waals surface area contributed by atoms with Crippen LogP contribution in [-0.4, -0.2) is 35.3 Å². The lowest BCUT2D eigenvalue weighted by Crippen LogP contribution is -2.38. The molecule has 1 aromatic carbocycles. The fourth-order valence-corrected chi connectivity index (χ4v) is 3.11. The first kappa shape index (κ1) is 17.1. The van der Waals surface area contributed by atoms with Gasteiger partial charge in [-0.15, -0.1) is 0 Å². The van der Waals surface area contributed by atoms with Crippen molar-refractivity contribution in [2.24, 2.45) is 5.92 Å². The summed E-state index contributed by atoms with van der Waals surface area (Å²) in [7, 11) is 1.73. The van der Waals surface area contributed by atoms with Crippen LogP contribution in [0.25, 0.3) is 0 Å². The van der Waals surface area contributed by atoms with E-state index in [-0.39, 0.29) is 30.2 Å². The van der Waals surface area contributed by atoms with Crippen molar-refractivity contribution in [2.75, 3.05) is 13.6 Å². The molecule has 0 radical (unpaired) electrons. The van der Waals surface area contributed by atoms with Crippen molar-refractivity contribution >= 4 is 11.8 Å². The smallest absolute Gasteiger partial charge is 0.242 e. The lowest BCUT2D eigenvalue weighted by Gasteiger charge is -2.17. The summed E-state index contributed by atoms with van der Waals surface area (Å²) in [5, 5.41) is 2.78. The second kappa shape index (κ2) is 7.47. The van der Waals surface area contributed by atoms with E-state index in [0.717, 1.165) is 12.0 Å². The van der Waals surface area contributed by atoms with Crippen LogP contribution in [0.15, 0.2) is 48.8 Å². The van der Waals surface area contributed by atoms with Crippen LogP contribution in [0.1, 0.15) is 29.0 Å². The van der Waals surface area contributed by atoms with E-state index in [2.05, 4.69) is 29.4 Å². The average molecular weight is 337 g/mol. The minimum Gasteiger partial charge on any atom is -0.347 e. The van der Waals surface area contributed by atoms with Gasteiger partial charge >= 0.3 is 0 Å². The van der Waals surface area contributed by atoms with Crippen molar-refractivity contribution in [3.05, 3.63) is 65.5 Å². The Bertz CT molecular complexity index is 761. The third kappa shape index (κ3) is 4.24. The number of pyridine rings is 1. The van der Waals surface area contributed by atoms with Gasteiger partial charge in [0.25, 0.3) is 0 Å². The molecule has 1 fully saturated rings. The molecular formula is C20H23N3O2. The first-order valence-corrected chi connectivity index (χ1v) is 8.52. The number of amides is 2. The van der Waals surface area contributed by atoms with Crippen LogP contribution in [0.4, 0.5) is 0 Å². The number of hydrogen-bond acceptors (Lipinski definition) is 3. The Balaban J connectivity index is 1.46. The highest BCUT2D eigenvalue weighted by atomic mass is 16.2. The van der Waals surface area contributed by atoms with Gasteiger partial charge in [0.15, 0.2) is 0 Å². The standard InChI is InChI=1S/C20H23N3O2/c1-14-6-3-4-8-16(14)17-10-18(17)20(25)22-12-19(24)23(2)13-15-7-5-9-21-11-15/h3-9,11,17-18H,10,12-13H2,1-2H3,(H,22,25)/t17-,18-/m1/s1. The average Bonchev–Trinajstić information content (AvgIpc) is 3.41. The molecule has 25 heavy (non-hydrogen) atoms. The Morgan fingerprint density at radius 2 is 2.04 bits per heavy atom. The van der Waals surface area contributed by atoms with Crippen LogP contribution in [0.2, 0.25) is 0 Å². The Hall–Kier alpha value is -2.69. The van der Waals surface area contributed by atoms with E-state index in [0.29, 0.717) is 6.54 Å². The van der Waals surface area contributed by atoms with Crippen molar-refractivity contribution in [3.8, 4) is 0 Å². The highest BCUT2D eigenvalue weighted by molar-refractivity contribution is 5.88. The molecule has 130 valence electrons. The highest BCUT2D eigenvalue weighted by Gasteiger charge is 2.44. The number of rotatable bonds is 6. The Morgan fingerprint density at radius 1 is 1.24 bits per heavy atom. The van der Waals surface area contributed by atoms with Crippen molar-refractivity contribution in [3.63, 3.8) is 0 Å². The predicted molar refractivity (Wildman–Crippen MR) is 95.7 cm³/mol. The molecule has 0 unspecified atom stereocenters. The number of aryl methyl sites for hydroxylation is 1. The number of carbonyl (C=O) groups is 2. The zero-order valence-corrected chi connectivity index (χ0v) is 14.6. The van der Waals surface area contributed by atoms with Crippen molar-refractivity contribution in [2.45, 2.75) is 25.8 Å². The maximum absolute atomic E-state index is 12.3. The van der Waals surface area contributed by atoms with Gasteiger partial charge in [0.1, 0.15) is 0 Å². The number of carbonyl (C=O) groups excluding carboxylic acids is 2. The summed E-state index contributed by atoms with van der Waals surface area (Å²) >= 11 is 0. The largest absolute Gasteiger partial charge is 0.347 e. The molecule has 1 aliphatic rings. The molecule has 1 aromatic heterocycles. The second-order valence-corrected chi connectivity index (χ2v) is 6.63. The summed E-state index contributed by atoms with van der Waals surface area (Å²) in [5.74, 6) is 0.128. The van der Waals surface area contributed by atoms with Gasteiger partial charge in [-0.1, -0.05) is 30.3 Å². The molecule has 1 N–H and O–H groups in total. The number of nitrogens with zero attached hydrogens (tertiary/aromatic N) is 2. The summed E-state index contributed by atoms with van der Waals surface area (Å²) in [4.78, 5) is 30.1. The maximum Gasteiger partial charge on any atom is 0.242 e. The summed E-state index contributed by atoms with van der Waals surface area (Å²) in [5.41, 5.74) is 3.42. The van der Waals surface area contributed by atoms with E-state index in [4.69, 9.17) is 0 Å². The molecule has 0 spiro atoms. The molecule has 0 bridgehead atoms. The zero-order chi connectivity index (χ0) is 17.8. The summed E-state index contributed by atoms with van der Waals surface area (Å²) < 4.78 is 0. The van der Waals surface area contributed by atoms with E-state index in [9.17, 15) is 9.59 Å². The Labute approximate surface area is 148 Å². The van der Waals surface area contributed by atoms with Crippen LogP contribution in [0, 0.1) is 12.8 Å². The lowest BCUT2D eigenvalue weighted by molar-refractivity contribution is -0.132. The molecule has 1 aliphatic carbocycles. The molecule has 2 amide bonds. The number of aromatic nitrogens is 1. The van der Waals surface area contributed by atoms with Crippen LogP contribution in [0.3, 0.4) is 0 Å². The van der Waals surface area contributed by atoms with Crippen LogP contribution in [-0.2, 0) is 16.1 Å². The molecule has 5 nitrogen and oxygen atoms in total. The summed E-state index contributed by atoms with van der Waals surface area (Å²) in [6.45, 7) is 2.59. The Kier molecular flexibility index (Phi) is 5.12. The predicted octanol–water partition coefficient (Wildman–Crippen LogP) is 2.27. The second-order valence-electron chi connectivity index (χ2n) is 6.63. The molecule has 1 saturated carbocycles. The molecule has 0 saturated heterocycles. The monoisotopic (exact) mass is 337 g/mol. The lowest BCUT2D eigenvalue weighted by atomic mass is 10.0. The van der Waals surface area contributed by atoms with Gasteiger partial charge < -0.3 is 10.2 Å². The minimum absolute atomic E-state index is 0.0162. The molecule has 1 heterocycles. The minimum atomic E-state index is -0.106. The number of benzene rings is 1. The number of hydrogen-bond donors (Lipinski definition) is 1. The van der Waals surface area contributed by atoms with Gasteiger partial charge in [0.05, 0.1) is 6.54 Å². The molecule has 3 rings (SSSR count). The summed E-state index contributed by atoms with van der Waals surface area (Å²) in [6.07, 6.45) is 4.29. The maximum atomic E-state index is 12.3. The fraction of sp³-hybridized carbons (Fsp3) is 0.350. The molecule has 5 heteroatoms. The topological polar surface area (TPSA) is 62.3 Å². The Morgan fingerprint density at radius 3 is 2.76 bits per heavy atom. The highest BCUT2D eigenvalue weighted by Crippen LogP contribution is 2.48. The SMILES string of the molecule is Cc1ccccc1[C@H]1C[C@H]1C(=O)NCC(=O)N(C)Cc1cccnc1. The number of nitrogens with one attached hydrogen (secondary N) is 1.